The van der Waals surface area contributed by atoms with E-state index in [2.05, 4.69) is 4.74 Å². The molecule has 1 rings (SSSR count). The fourth-order valence-corrected chi connectivity index (χ4v) is 1.89. The summed E-state index contributed by atoms with van der Waals surface area (Å²) in [6.45, 7) is 1.71. The molecule has 0 radical (unpaired) electrons. The Labute approximate surface area is 98.5 Å². The highest BCUT2D eigenvalue weighted by Crippen LogP contribution is 2.18. The number of ether oxygens (including phenoxy) is 1. The van der Waals surface area contributed by atoms with Gasteiger partial charge in [0.1, 0.15) is 5.82 Å². The number of rotatable bonds is 4. The van der Waals surface area contributed by atoms with Crippen LogP contribution in [0.15, 0.2) is 40.8 Å². The number of hydrogen-bond donors (Lipinski definition) is 0. The Balaban J connectivity index is 2.46. The second kappa shape index (κ2) is 6.33. The first-order valence-electron chi connectivity index (χ1n) is 4.77. The van der Waals surface area contributed by atoms with Crippen LogP contribution in [0.2, 0.25) is 0 Å². The van der Waals surface area contributed by atoms with Crippen LogP contribution in [0.5, 0.6) is 0 Å². The largest absolute Gasteiger partial charge is 0.466 e. The van der Waals surface area contributed by atoms with Crippen LogP contribution in [0.1, 0.15) is 6.92 Å². The molecule has 0 fully saturated rings. The van der Waals surface area contributed by atoms with Crippen molar-refractivity contribution in [2.24, 2.45) is 0 Å². The van der Waals surface area contributed by atoms with E-state index in [1.807, 2.05) is 0 Å². The second-order valence-electron chi connectivity index (χ2n) is 3.14. The quantitative estimate of drug-likeness (QED) is 0.459. The monoisotopic (exact) mass is 240 g/mol. The van der Waals surface area contributed by atoms with Crippen LogP contribution in [-0.4, -0.2) is 18.8 Å². The van der Waals surface area contributed by atoms with Gasteiger partial charge in [-0.2, -0.15) is 0 Å². The molecule has 0 aliphatic heterocycles. The number of carbonyl (C=O) groups is 1. The third-order valence-electron chi connectivity index (χ3n) is 1.96. The summed E-state index contributed by atoms with van der Waals surface area (Å²) >= 11 is 1.53. The highest BCUT2D eigenvalue weighted by atomic mass is 32.2. The molecule has 0 unspecified atom stereocenters. The minimum atomic E-state index is -0.320. The lowest BCUT2D eigenvalue weighted by molar-refractivity contribution is -0.136. The Morgan fingerprint density at radius 1 is 1.44 bits per heavy atom. The summed E-state index contributed by atoms with van der Waals surface area (Å²) in [5, 5.41) is 0. The van der Waals surface area contributed by atoms with Crippen molar-refractivity contribution in [3.05, 3.63) is 41.7 Å². The first-order valence-corrected chi connectivity index (χ1v) is 5.75. The lowest BCUT2D eigenvalue weighted by Crippen LogP contribution is -2.01. The number of benzene rings is 1. The predicted molar refractivity (Wildman–Crippen MR) is 62.9 cm³/mol. The topological polar surface area (TPSA) is 26.3 Å². The lowest BCUT2D eigenvalue weighted by Gasteiger charge is -2.00. The fraction of sp³-hybridized carbons (Fsp3) is 0.250. The summed E-state index contributed by atoms with van der Waals surface area (Å²) in [4.78, 5) is 12.0. The summed E-state index contributed by atoms with van der Waals surface area (Å²) in [6, 6.07) is 6.25. The first-order chi connectivity index (χ1) is 7.63. The predicted octanol–water partition coefficient (Wildman–Crippen LogP) is 3.04. The van der Waals surface area contributed by atoms with Crippen molar-refractivity contribution in [2.75, 3.05) is 12.9 Å². The molecular weight excluding hydrogens is 227 g/mol. The zero-order chi connectivity index (χ0) is 12.0. The molecule has 4 heteroatoms. The highest BCUT2D eigenvalue weighted by Gasteiger charge is 2.01. The maximum Gasteiger partial charge on any atom is 0.333 e. The molecule has 1 aromatic carbocycles. The number of methoxy groups -OCH3 is 1. The maximum atomic E-state index is 12.6. The van der Waals surface area contributed by atoms with Gasteiger partial charge in [0.2, 0.25) is 0 Å². The van der Waals surface area contributed by atoms with Crippen molar-refractivity contribution in [1.82, 2.24) is 0 Å². The zero-order valence-corrected chi connectivity index (χ0v) is 10.0. The van der Waals surface area contributed by atoms with Crippen molar-refractivity contribution >= 4 is 17.7 Å². The highest BCUT2D eigenvalue weighted by molar-refractivity contribution is 7.99. The average Bonchev–Trinajstić information content (AvgIpc) is 2.30. The Morgan fingerprint density at radius 2 is 2.06 bits per heavy atom. The molecule has 0 atom stereocenters. The van der Waals surface area contributed by atoms with Crippen LogP contribution in [0.25, 0.3) is 0 Å². The Kier molecular flexibility index (Phi) is 5.05. The summed E-state index contributed by atoms with van der Waals surface area (Å²) in [5.41, 5.74) is 0.581. The second-order valence-corrected chi connectivity index (χ2v) is 4.24. The maximum absolute atomic E-state index is 12.6. The van der Waals surface area contributed by atoms with Gasteiger partial charge < -0.3 is 4.74 Å². The van der Waals surface area contributed by atoms with E-state index in [9.17, 15) is 9.18 Å². The molecule has 16 heavy (non-hydrogen) atoms. The third-order valence-corrected chi connectivity index (χ3v) is 2.90. The van der Waals surface area contributed by atoms with E-state index in [4.69, 9.17) is 0 Å². The molecule has 0 amide bonds. The smallest absolute Gasteiger partial charge is 0.333 e. The van der Waals surface area contributed by atoms with Crippen LogP contribution < -0.4 is 0 Å². The molecule has 0 saturated heterocycles. The van der Waals surface area contributed by atoms with Gasteiger partial charge >= 0.3 is 5.97 Å². The molecule has 0 aliphatic rings. The zero-order valence-electron chi connectivity index (χ0n) is 9.20. The summed E-state index contributed by atoms with van der Waals surface area (Å²) in [6.07, 6.45) is 1.79. The molecule has 1 aromatic rings. The molecule has 0 N–H and O–H groups in total. The van der Waals surface area contributed by atoms with Gasteiger partial charge in [-0.1, -0.05) is 6.08 Å². The van der Waals surface area contributed by atoms with Crippen molar-refractivity contribution < 1.29 is 13.9 Å². The van der Waals surface area contributed by atoms with Crippen LogP contribution in [0.4, 0.5) is 4.39 Å². The summed E-state index contributed by atoms with van der Waals surface area (Å²) in [5.74, 6) is 0.0948. The van der Waals surface area contributed by atoms with Crippen LogP contribution in [0, 0.1) is 5.82 Å². The lowest BCUT2D eigenvalue weighted by atomic mass is 10.3. The van der Waals surface area contributed by atoms with Gasteiger partial charge in [-0.15, -0.1) is 11.8 Å². The molecule has 0 aliphatic carbocycles. The van der Waals surface area contributed by atoms with E-state index in [0.717, 1.165) is 4.90 Å². The minimum Gasteiger partial charge on any atom is -0.466 e. The van der Waals surface area contributed by atoms with Gasteiger partial charge in [-0.25, -0.2) is 9.18 Å². The molecule has 0 heterocycles. The van der Waals surface area contributed by atoms with E-state index in [1.54, 1.807) is 25.1 Å². The van der Waals surface area contributed by atoms with Crippen LogP contribution >= 0.6 is 11.8 Å². The van der Waals surface area contributed by atoms with E-state index in [1.165, 1.54) is 31.0 Å². The van der Waals surface area contributed by atoms with Crippen LogP contribution in [0.3, 0.4) is 0 Å². The normalized spacial score (nSPS) is 11.3. The minimum absolute atomic E-state index is 0.245. The van der Waals surface area contributed by atoms with Gasteiger partial charge in [0.05, 0.1) is 7.11 Å². The van der Waals surface area contributed by atoms with E-state index in [0.29, 0.717) is 11.3 Å². The van der Waals surface area contributed by atoms with Crippen molar-refractivity contribution in [2.45, 2.75) is 11.8 Å². The van der Waals surface area contributed by atoms with Gasteiger partial charge in [0.25, 0.3) is 0 Å². The Bertz CT molecular complexity index is 385. The third kappa shape index (κ3) is 4.06. The standard InChI is InChI=1S/C12H13FO2S/c1-9(12(14)15-2)7-8-16-11-5-3-10(13)4-6-11/h3-7H,8H2,1-2H3. The van der Waals surface area contributed by atoms with Crippen molar-refractivity contribution in [3.8, 4) is 0 Å². The van der Waals surface area contributed by atoms with Gasteiger partial charge in [-0.05, 0) is 31.2 Å². The molecule has 0 spiro atoms. The van der Waals surface area contributed by atoms with Gasteiger partial charge in [0.15, 0.2) is 0 Å². The number of hydrogen-bond acceptors (Lipinski definition) is 3. The molecule has 0 saturated carbocycles. The van der Waals surface area contributed by atoms with Crippen LogP contribution in [-0.2, 0) is 9.53 Å². The van der Waals surface area contributed by atoms with E-state index in [-0.39, 0.29) is 11.8 Å². The molecule has 86 valence electrons. The molecular formula is C12H13FO2S. The number of thioether (sulfide) groups is 1. The fourth-order valence-electron chi connectivity index (χ4n) is 1.04. The summed E-state index contributed by atoms with van der Waals surface area (Å²) in [7, 11) is 1.35. The molecule has 2 nitrogen and oxygen atoms in total. The SMILES string of the molecule is COC(=O)C(C)=CCSc1ccc(F)cc1. The van der Waals surface area contributed by atoms with Crippen molar-refractivity contribution in [3.63, 3.8) is 0 Å². The average molecular weight is 240 g/mol. The number of carbonyl (C=O) groups excluding carboxylic acids is 1. The Hall–Kier alpha value is -1.29. The van der Waals surface area contributed by atoms with Gasteiger partial charge in [-0.3, -0.25) is 0 Å². The molecule has 0 aromatic heterocycles. The van der Waals surface area contributed by atoms with Gasteiger partial charge in [0, 0.05) is 16.2 Å². The number of halogens is 1. The van der Waals surface area contributed by atoms with E-state index >= 15 is 0 Å². The first kappa shape index (κ1) is 12.8. The number of esters is 1. The van der Waals surface area contributed by atoms with E-state index < -0.39 is 0 Å². The Morgan fingerprint density at radius 3 is 2.62 bits per heavy atom. The molecule has 0 bridgehead atoms. The van der Waals surface area contributed by atoms with Crippen molar-refractivity contribution in [1.29, 1.82) is 0 Å². The summed E-state index contributed by atoms with van der Waals surface area (Å²) < 4.78 is 17.2.